The maximum Gasteiger partial charge on any atom is 0.0711 e. The third-order valence-electron chi connectivity index (χ3n) is 14.0. The first-order valence-corrected chi connectivity index (χ1v) is 24.7. The van der Waals surface area contributed by atoms with Crippen molar-refractivity contribution in [3.05, 3.63) is 231 Å². The fourth-order valence-corrected chi connectivity index (χ4v) is 13.5. The summed E-state index contributed by atoms with van der Waals surface area (Å²) in [5, 5.41) is 7.53. The average Bonchev–Trinajstić information content (AvgIpc) is 4.26. The minimum absolute atomic E-state index is 1.16. The molecule has 9 aromatic carbocycles. The van der Waals surface area contributed by atoms with Crippen molar-refractivity contribution >= 4 is 109 Å². The van der Waals surface area contributed by atoms with Crippen LogP contribution in [-0.2, 0) is 0 Å². The Balaban J connectivity index is 0.954. The van der Waals surface area contributed by atoms with Gasteiger partial charge in [0.2, 0.25) is 0 Å². The molecule has 68 heavy (non-hydrogen) atoms. The lowest BCUT2D eigenvalue weighted by Crippen LogP contribution is -1.95. The molecule has 0 bridgehead atoms. The Morgan fingerprint density at radius 3 is 0.956 bits per heavy atom. The van der Waals surface area contributed by atoms with Gasteiger partial charge in [0.25, 0.3) is 0 Å². The smallest absolute Gasteiger partial charge is 0.0711 e. The van der Waals surface area contributed by atoms with Crippen LogP contribution in [0.15, 0.2) is 231 Å². The highest BCUT2D eigenvalue weighted by Crippen LogP contribution is 2.48. The molecule has 0 radical (unpaired) electrons. The summed E-state index contributed by atoms with van der Waals surface area (Å²) in [6.45, 7) is 0. The zero-order chi connectivity index (χ0) is 44.5. The standard InChI is InChI=1S/C62H38N4S2/c1-4-16-41(17-5-1)63-51-25-13-10-22-45(51)48-34-39(28-31-54(48)63)59-37-57-61(67-59)62-58(66(57)44-30-33-56-50(36-44)47-24-12-15-27-53(47)65(56)43-20-8-3-9-21-43)38-60(68-62)40-29-32-55-49(35-40)46-23-11-14-26-52(46)64(55)42-18-6-2-7-19-42/h1-38H. The molecular weight excluding hydrogens is 865 g/mol. The summed E-state index contributed by atoms with van der Waals surface area (Å²) in [6.07, 6.45) is 0. The number of fused-ring (bicyclic) bond motifs is 12. The first-order valence-electron chi connectivity index (χ1n) is 23.1. The normalized spacial score (nSPS) is 12.1. The average molecular weight is 903 g/mol. The number of thiophene rings is 2. The second-order valence-electron chi connectivity index (χ2n) is 17.7. The molecule has 0 aliphatic carbocycles. The predicted octanol–water partition coefficient (Wildman–Crippen LogP) is 17.5. The number of aromatic nitrogens is 4. The third kappa shape index (κ3) is 5.47. The van der Waals surface area contributed by atoms with Gasteiger partial charge in [-0.2, -0.15) is 0 Å². The highest BCUT2D eigenvalue weighted by atomic mass is 32.1. The summed E-state index contributed by atoms with van der Waals surface area (Å²) in [7, 11) is 0. The Kier molecular flexibility index (Phi) is 8.07. The van der Waals surface area contributed by atoms with E-state index in [4.69, 9.17) is 0 Å². The molecule has 6 aromatic heterocycles. The summed E-state index contributed by atoms with van der Waals surface area (Å²) < 4.78 is 12.3. The highest BCUT2D eigenvalue weighted by molar-refractivity contribution is 7.30. The van der Waals surface area contributed by atoms with Crippen molar-refractivity contribution in [1.29, 1.82) is 0 Å². The maximum atomic E-state index is 2.53. The molecule has 0 saturated carbocycles. The molecule has 0 aliphatic rings. The molecule has 0 saturated heterocycles. The zero-order valence-electron chi connectivity index (χ0n) is 36.5. The van der Waals surface area contributed by atoms with Crippen molar-refractivity contribution in [2.45, 2.75) is 0 Å². The van der Waals surface area contributed by atoms with Crippen LogP contribution in [0.1, 0.15) is 0 Å². The Morgan fingerprint density at radius 2 is 0.544 bits per heavy atom. The topological polar surface area (TPSA) is 19.7 Å². The maximum absolute atomic E-state index is 2.53. The van der Waals surface area contributed by atoms with Gasteiger partial charge in [-0.1, -0.05) is 121 Å². The monoisotopic (exact) mass is 902 g/mol. The number of nitrogens with zero attached hydrogens (tertiary/aromatic N) is 4. The van der Waals surface area contributed by atoms with Gasteiger partial charge in [-0.25, -0.2) is 0 Å². The van der Waals surface area contributed by atoms with Crippen LogP contribution in [-0.4, -0.2) is 18.3 Å². The van der Waals surface area contributed by atoms with E-state index in [0.717, 1.165) is 11.4 Å². The highest BCUT2D eigenvalue weighted by Gasteiger charge is 2.23. The van der Waals surface area contributed by atoms with Gasteiger partial charge in [0, 0.05) is 64.8 Å². The lowest BCUT2D eigenvalue weighted by molar-refractivity contribution is 1.17. The van der Waals surface area contributed by atoms with E-state index in [1.807, 2.05) is 22.7 Å². The van der Waals surface area contributed by atoms with Gasteiger partial charge in [0.05, 0.1) is 53.5 Å². The second-order valence-corrected chi connectivity index (χ2v) is 19.8. The van der Waals surface area contributed by atoms with Crippen molar-refractivity contribution in [2.24, 2.45) is 0 Å². The molecule has 15 rings (SSSR count). The number of benzene rings is 9. The van der Waals surface area contributed by atoms with E-state index in [2.05, 4.69) is 249 Å². The minimum Gasteiger partial charge on any atom is -0.309 e. The van der Waals surface area contributed by atoms with Crippen molar-refractivity contribution in [3.8, 4) is 43.6 Å². The molecule has 6 heterocycles. The summed E-state index contributed by atoms with van der Waals surface area (Å²) in [6, 6.07) is 84.6. The number of para-hydroxylation sites is 6. The van der Waals surface area contributed by atoms with Crippen LogP contribution < -0.4 is 0 Å². The third-order valence-corrected chi connectivity index (χ3v) is 16.5. The molecule has 318 valence electrons. The van der Waals surface area contributed by atoms with E-state index in [-0.39, 0.29) is 0 Å². The summed E-state index contributed by atoms with van der Waals surface area (Å²) in [5.74, 6) is 0. The van der Waals surface area contributed by atoms with Crippen molar-refractivity contribution < 1.29 is 0 Å². The van der Waals surface area contributed by atoms with E-state index in [1.54, 1.807) is 0 Å². The predicted molar refractivity (Wildman–Crippen MR) is 290 cm³/mol. The van der Waals surface area contributed by atoms with Crippen LogP contribution in [0.3, 0.4) is 0 Å². The minimum atomic E-state index is 1.16. The number of hydrogen-bond acceptors (Lipinski definition) is 2. The van der Waals surface area contributed by atoms with Crippen LogP contribution in [0.4, 0.5) is 0 Å². The molecule has 0 unspecified atom stereocenters. The van der Waals surface area contributed by atoms with Crippen molar-refractivity contribution in [1.82, 2.24) is 18.3 Å². The Hall–Kier alpha value is -8.42. The molecule has 0 atom stereocenters. The van der Waals surface area contributed by atoms with E-state index in [9.17, 15) is 0 Å². The molecule has 0 N–H and O–H groups in total. The van der Waals surface area contributed by atoms with Gasteiger partial charge in [-0.05, 0) is 120 Å². The van der Waals surface area contributed by atoms with Crippen molar-refractivity contribution in [3.63, 3.8) is 0 Å². The first kappa shape index (κ1) is 37.8. The molecule has 15 aromatic rings. The largest absolute Gasteiger partial charge is 0.309 e. The molecule has 0 amide bonds. The van der Waals surface area contributed by atoms with E-state index < -0.39 is 0 Å². The number of rotatable bonds is 6. The van der Waals surface area contributed by atoms with Crippen LogP contribution in [0.25, 0.3) is 129 Å². The van der Waals surface area contributed by atoms with Crippen LogP contribution in [0.2, 0.25) is 0 Å². The molecular formula is C62H38N4S2. The summed E-state index contributed by atoms with van der Waals surface area (Å²) in [5.41, 5.74) is 16.8. The van der Waals surface area contributed by atoms with Crippen molar-refractivity contribution in [2.75, 3.05) is 0 Å². The summed E-state index contributed by atoms with van der Waals surface area (Å²) in [4.78, 5) is 2.52. The number of hydrogen-bond donors (Lipinski definition) is 0. The molecule has 4 nitrogen and oxygen atoms in total. The second kappa shape index (κ2) is 14.5. The lowest BCUT2D eigenvalue weighted by Gasteiger charge is -2.10. The quantitative estimate of drug-likeness (QED) is 0.158. The van der Waals surface area contributed by atoms with E-state index >= 15 is 0 Å². The van der Waals surface area contributed by atoms with E-state index in [1.165, 1.54) is 118 Å². The van der Waals surface area contributed by atoms with Gasteiger partial charge < -0.3 is 18.3 Å². The van der Waals surface area contributed by atoms with Gasteiger partial charge in [0.1, 0.15) is 0 Å². The Morgan fingerprint density at radius 1 is 0.221 bits per heavy atom. The first-order chi connectivity index (χ1) is 33.7. The Labute approximate surface area is 398 Å². The zero-order valence-corrected chi connectivity index (χ0v) is 38.2. The van der Waals surface area contributed by atoms with E-state index in [0.29, 0.717) is 0 Å². The molecule has 0 aliphatic heterocycles. The Bertz CT molecular complexity index is 4270. The summed E-state index contributed by atoms with van der Waals surface area (Å²) >= 11 is 3.82. The van der Waals surface area contributed by atoms with Crippen LogP contribution in [0.5, 0.6) is 0 Å². The van der Waals surface area contributed by atoms with Gasteiger partial charge >= 0.3 is 0 Å². The van der Waals surface area contributed by atoms with Gasteiger partial charge in [-0.15, -0.1) is 22.7 Å². The lowest BCUT2D eigenvalue weighted by atomic mass is 10.1. The SMILES string of the molecule is c1ccc(-n2c3ccccc3c3cc(-c4cc5c(s4)c4sc(-c6ccc7c(c6)c6ccccc6n7-c6ccccc6)cc4n5-c4ccc5c(c4)c4ccccc4n5-c4ccccc4)ccc32)cc1. The fraction of sp³-hybridized carbons (Fsp3) is 0. The molecule has 0 fully saturated rings. The molecule has 0 spiro atoms. The van der Waals surface area contributed by atoms with Gasteiger partial charge in [-0.3, -0.25) is 0 Å². The van der Waals surface area contributed by atoms with Gasteiger partial charge in [0.15, 0.2) is 0 Å². The van der Waals surface area contributed by atoms with Crippen LogP contribution in [0, 0.1) is 0 Å². The fourth-order valence-electron chi connectivity index (χ4n) is 11.0. The van der Waals surface area contributed by atoms with Crippen LogP contribution >= 0.6 is 22.7 Å². The molecule has 6 heteroatoms.